The Kier molecular flexibility index (Phi) is 23.9. The van der Waals surface area contributed by atoms with Crippen LogP contribution in [0, 0.1) is 23.7 Å². The molecule has 0 aromatic rings. The topological polar surface area (TPSA) is 78.9 Å². The Morgan fingerprint density at radius 3 is 1.87 bits per heavy atom. The first-order valence-corrected chi connectivity index (χ1v) is 27.7. The van der Waals surface area contributed by atoms with Gasteiger partial charge in [-0.2, -0.15) is 0 Å². The van der Waals surface area contributed by atoms with Crippen LogP contribution in [0.2, 0.25) is 36.3 Å². The van der Waals surface area contributed by atoms with E-state index in [9.17, 15) is 14.4 Å². The number of carbonyl (C=O) groups excluding carboxylic acids is 3. The molecule has 0 amide bonds. The lowest BCUT2D eigenvalue weighted by Crippen LogP contribution is -2.47. The maximum absolute atomic E-state index is 14.1. The van der Waals surface area contributed by atoms with Crippen LogP contribution < -0.4 is 0 Å². The van der Waals surface area contributed by atoms with Crippen molar-refractivity contribution in [3.8, 4) is 0 Å². The molecule has 0 heterocycles. The highest BCUT2D eigenvalue weighted by molar-refractivity contribution is 14.1. The summed E-state index contributed by atoms with van der Waals surface area (Å²) in [6.45, 7) is 40.2. The summed E-state index contributed by atoms with van der Waals surface area (Å²) >= 11 is 2.12. The summed E-state index contributed by atoms with van der Waals surface area (Å²) in [6, 6.07) is 0. The van der Waals surface area contributed by atoms with E-state index < -0.39 is 16.6 Å². The molecule has 0 aliphatic carbocycles. The number of carbonyl (C=O) groups is 3. The molecule has 0 N–H and O–H groups in total. The normalized spacial score (nSPS) is 17.3. The van der Waals surface area contributed by atoms with Gasteiger partial charge in [-0.25, -0.2) is 4.79 Å². The van der Waals surface area contributed by atoms with Crippen LogP contribution in [0.25, 0.3) is 0 Å². The van der Waals surface area contributed by atoms with Crippen molar-refractivity contribution in [3.05, 3.63) is 58.3 Å². The summed E-state index contributed by atoms with van der Waals surface area (Å²) in [5.41, 5.74) is 1.50. The lowest BCUT2D eigenvalue weighted by molar-refractivity contribution is -0.146. The highest BCUT2D eigenvalue weighted by Gasteiger charge is 2.43. The molecule has 0 saturated heterocycles. The Morgan fingerprint density at radius 2 is 1.36 bits per heavy atom. The second-order valence-corrected chi connectivity index (χ2v) is 29.6. The lowest BCUT2D eigenvalue weighted by Gasteiger charge is -2.41. The molecular weight excluding hydrogens is 832 g/mol. The van der Waals surface area contributed by atoms with E-state index in [1.807, 2.05) is 43.1 Å². The molecule has 0 spiro atoms. The molecule has 0 aromatic heterocycles. The molecule has 6 unspecified atom stereocenters. The number of esters is 1. The van der Waals surface area contributed by atoms with Gasteiger partial charge >= 0.3 is 5.97 Å². The SMILES string of the molecule is C=CCCCC(CC(=O)C(C)C(CCC(C)C(=O)/C=C/C(C)=C/C(C)C(CC(C)C)OC(=O)/C(C)=C/C=C/I)O[Si](C)(C)C(C)(C)C)O[Si](C)(C)C(C)(C)C. The average molecular weight is 913 g/mol. The standard InChI is InChI=1S/C46H81IO6Si2/c1-19-20-21-24-39(52-54(15,16)45(9,10)11)32-41(49)38(8)42(53-55(17,18)46(12,13)14)28-26-35(5)40(48)27-25-34(4)31-37(7)43(30-33(2)3)51-44(50)36(6)23-22-29-47/h19,22-23,25,27,29,31,33,35,37-39,42-43H,1,20-21,24,26,28,30,32H2,2-18H3/b27-25+,29-22+,34-31+,36-23+. The zero-order valence-electron chi connectivity index (χ0n) is 38.1. The molecule has 0 fully saturated rings. The van der Waals surface area contributed by atoms with Crippen molar-refractivity contribution >= 4 is 56.8 Å². The van der Waals surface area contributed by atoms with Crippen molar-refractivity contribution in [1.82, 2.24) is 0 Å². The van der Waals surface area contributed by atoms with Crippen LogP contribution in [0.1, 0.15) is 135 Å². The minimum Gasteiger partial charge on any atom is -0.458 e. The number of Topliss-reactive ketones (excluding diaryl/α,β-unsaturated/α-hetero) is 1. The van der Waals surface area contributed by atoms with Crippen molar-refractivity contribution in [2.24, 2.45) is 23.7 Å². The smallest absolute Gasteiger partial charge is 0.334 e. The molecule has 6 nitrogen and oxygen atoms in total. The predicted octanol–water partition coefficient (Wildman–Crippen LogP) is 13.7. The Morgan fingerprint density at radius 1 is 0.800 bits per heavy atom. The minimum absolute atomic E-state index is 0.0218. The van der Waals surface area contributed by atoms with Gasteiger partial charge in [0.2, 0.25) is 0 Å². The van der Waals surface area contributed by atoms with Gasteiger partial charge < -0.3 is 13.6 Å². The molecular formula is C46H81IO6Si2. The maximum atomic E-state index is 14.1. The molecule has 0 saturated carbocycles. The molecule has 0 aromatic carbocycles. The van der Waals surface area contributed by atoms with Crippen molar-refractivity contribution in [2.75, 3.05) is 0 Å². The second-order valence-electron chi connectivity index (χ2n) is 19.3. The maximum Gasteiger partial charge on any atom is 0.334 e. The molecule has 0 rings (SSSR count). The van der Waals surface area contributed by atoms with Gasteiger partial charge in [0.05, 0.1) is 12.2 Å². The summed E-state index contributed by atoms with van der Waals surface area (Å²) in [7, 11) is -4.32. The lowest BCUT2D eigenvalue weighted by atomic mass is 9.89. The van der Waals surface area contributed by atoms with Gasteiger partial charge in [0, 0.05) is 29.7 Å². The molecule has 0 aliphatic heterocycles. The van der Waals surface area contributed by atoms with Crippen LogP contribution in [0.4, 0.5) is 0 Å². The first-order chi connectivity index (χ1) is 25.1. The summed E-state index contributed by atoms with van der Waals surface area (Å²) in [5, 5.41) is 0.0234. The largest absolute Gasteiger partial charge is 0.458 e. The second kappa shape index (κ2) is 24.5. The molecule has 0 bridgehead atoms. The fraction of sp³-hybridized carbons (Fsp3) is 0.717. The molecule has 9 heteroatoms. The number of hydrogen-bond donors (Lipinski definition) is 0. The fourth-order valence-electron chi connectivity index (χ4n) is 5.70. The number of allylic oxidation sites excluding steroid dienone is 6. The van der Waals surface area contributed by atoms with Crippen LogP contribution in [0.15, 0.2) is 58.3 Å². The van der Waals surface area contributed by atoms with E-state index in [1.54, 1.807) is 19.1 Å². The van der Waals surface area contributed by atoms with Gasteiger partial charge in [0.1, 0.15) is 11.9 Å². The van der Waals surface area contributed by atoms with Crippen molar-refractivity contribution in [2.45, 2.75) is 190 Å². The number of unbranched alkanes of at least 4 members (excludes halogenated alkanes) is 1. The fourth-order valence-corrected chi connectivity index (χ4v) is 8.72. The van der Waals surface area contributed by atoms with Crippen LogP contribution >= 0.6 is 22.6 Å². The highest BCUT2D eigenvalue weighted by Crippen LogP contribution is 2.40. The third kappa shape index (κ3) is 20.2. The number of ketones is 2. The zero-order valence-corrected chi connectivity index (χ0v) is 42.2. The van der Waals surface area contributed by atoms with Crippen LogP contribution in [-0.4, -0.2) is 52.5 Å². The first kappa shape index (κ1) is 53.6. The van der Waals surface area contributed by atoms with Gasteiger partial charge in [-0.1, -0.05) is 135 Å². The molecule has 6 atom stereocenters. The van der Waals surface area contributed by atoms with Crippen molar-refractivity contribution in [3.63, 3.8) is 0 Å². The zero-order chi connectivity index (χ0) is 42.9. The average Bonchev–Trinajstić information content (AvgIpc) is 3.05. The van der Waals surface area contributed by atoms with Gasteiger partial charge in [-0.3, -0.25) is 9.59 Å². The van der Waals surface area contributed by atoms with E-state index in [4.69, 9.17) is 13.6 Å². The Balaban J connectivity index is 6.06. The quantitative estimate of drug-likeness (QED) is 0.0173. The van der Waals surface area contributed by atoms with E-state index in [-0.39, 0.29) is 63.7 Å². The molecule has 0 radical (unpaired) electrons. The van der Waals surface area contributed by atoms with E-state index >= 15 is 0 Å². The first-order valence-electron chi connectivity index (χ1n) is 20.6. The van der Waals surface area contributed by atoms with Crippen molar-refractivity contribution < 1.29 is 28.0 Å². The van der Waals surface area contributed by atoms with Crippen LogP contribution in [0.5, 0.6) is 0 Å². The van der Waals surface area contributed by atoms with Gasteiger partial charge in [-0.15, -0.1) is 6.58 Å². The van der Waals surface area contributed by atoms with E-state index in [0.29, 0.717) is 30.8 Å². The third-order valence-corrected chi connectivity index (χ3v) is 21.1. The number of ether oxygens (including phenoxy) is 1. The number of hydrogen-bond acceptors (Lipinski definition) is 6. The van der Waals surface area contributed by atoms with Crippen LogP contribution in [-0.2, 0) is 28.0 Å². The van der Waals surface area contributed by atoms with Crippen molar-refractivity contribution in [1.29, 1.82) is 0 Å². The summed E-state index contributed by atoms with van der Waals surface area (Å²) in [5.74, 6) is -0.325. The van der Waals surface area contributed by atoms with Crippen LogP contribution in [0.3, 0.4) is 0 Å². The predicted molar refractivity (Wildman–Crippen MR) is 249 cm³/mol. The summed E-state index contributed by atoms with van der Waals surface area (Å²) < 4.78 is 21.6. The monoisotopic (exact) mass is 912 g/mol. The molecule has 0 aliphatic rings. The van der Waals surface area contributed by atoms with E-state index in [1.165, 1.54) is 0 Å². The van der Waals surface area contributed by atoms with Gasteiger partial charge in [0.15, 0.2) is 22.4 Å². The minimum atomic E-state index is -2.23. The Labute approximate surface area is 354 Å². The Bertz CT molecular complexity index is 1340. The molecule has 55 heavy (non-hydrogen) atoms. The number of rotatable bonds is 25. The third-order valence-electron chi connectivity index (χ3n) is 11.6. The van der Waals surface area contributed by atoms with Gasteiger partial charge in [0.25, 0.3) is 0 Å². The summed E-state index contributed by atoms with van der Waals surface area (Å²) in [4.78, 5) is 40.3. The van der Waals surface area contributed by atoms with E-state index in [0.717, 1.165) is 31.3 Å². The molecule has 316 valence electrons. The van der Waals surface area contributed by atoms with E-state index in [2.05, 4.69) is 124 Å². The summed E-state index contributed by atoms with van der Waals surface area (Å²) in [6.07, 6.45) is 15.4. The Hall–Kier alpha value is -1.41. The van der Waals surface area contributed by atoms with Gasteiger partial charge in [-0.05, 0) is 105 Å². The number of halogens is 1. The highest BCUT2D eigenvalue weighted by atomic mass is 127.